The van der Waals surface area contributed by atoms with Crippen LogP contribution in [0.25, 0.3) is 0 Å². The van der Waals surface area contributed by atoms with Gasteiger partial charge in [0.25, 0.3) is 0 Å². The van der Waals surface area contributed by atoms with Gasteiger partial charge in [-0.15, -0.1) is 0 Å². The second kappa shape index (κ2) is 7.10. The number of nitrogens with zero attached hydrogens (tertiary/aromatic N) is 6. The minimum atomic E-state index is -0.787. The number of hydrogen-bond donors (Lipinski definition) is 0. The first kappa shape index (κ1) is 15.3. The average Bonchev–Trinajstić information content (AvgIpc) is 2.46. The fraction of sp³-hybridized carbons (Fsp3) is 0.500. The minimum absolute atomic E-state index is 0.335. The maximum atomic E-state index is 13.2. The molecule has 2 heterocycles. The molecule has 2 aromatic heterocycles. The summed E-state index contributed by atoms with van der Waals surface area (Å²) in [4.78, 5) is 22.6. The van der Waals surface area contributed by atoms with Gasteiger partial charge in [0.05, 0.1) is 0 Å². The summed E-state index contributed by atoms with van der Waals surface area (Å²) in [6.45, 7) is 3.67. The molecule has 0 aliphatic carbocycles. The van der Waals surface area contributed by atoms with Crippen molar-refractivity contribution in [2.75, 3.05) is 0 Å². The summed E-state index contributed by atoms with van der Waals surface area (Å²) in [6, 6.07) is 0. The van der Waals surface area contributed by atoms with Gasteiger partial charge < -0.3 is 0 Å². The van der Waals surface area contributed by atoms with E-state index in [0.29, 0.717) is 48.8 Å². The Hall–Kier alpha value is -2.06. The maximum Gasteiger partial charge on any atom is 0.312 e. The van der Waals surface area contributed by atoms with Crippen LogP contribution in [0.15, 0.2) is 0 Å². The Balaban J connectivity index is 1.98. The number of aromatic nitrogens is 6. The van der Waals surface area contributed by atoms with E-state index < -0.39 is 12.2 Å². The number of halogens is 2. The Bertz CT molecular complexity index is 571. The van der Waals surface area contributed by atoms with E-state index in [1.165, 1.54) is 0 Å². The SMILES string of the molecule is CCc1nc(F)nc(C[B]Cc2nc(F)nc(CC)n2)n1. The summed E-state index contributed by atoms with van der Waals surface area (Å²) in [5.74, 6) is 1.49. The van der Waals surface area contributed by atoms with E-state index in [0.717, 1.165) is 0 Å². The van der Waals surface area contributed by atoms with Gasteiger partial charge in [-0.3, -0.25) is 0 Å². The zero-order chi connectivity index (χ0) is 15.2. The molecule has 0 aliphatic rings. The predicted molar refractivity (Wildman–Crippen MR) is 71.5 cm³/mol. The molecule has 0 bridgehead atoms. The maximum absolute atomic E-state index is 13.2. The van der Waals surface area contributed by atoms with E-state index in [2.05, 4.69) is 29.9 Å². The highest BCUT2D eigenvalue weighted by Gasteiger charge is 2.08. The van der Waals surface area contributed by atoms with Crippen molar-refractivity contribution in [2.45, 2.75) is 39.3 Å². The molecular weight excluding hydrogens is 277 g/mol. The largest absolute Gasteiger partial charge is 0.312 e. The number of rotatable bonds is 6. The van der Waals surface area contributed by atoms with Crippen LogP contribution in [-0.2, 0) is 25.5 Å². The molecule has 0 aliphatic heterocycles. The van der Waals surface area contributed by atoms with Crippen molar-refractivity contribution < 1.29 is 8.78 Å². The molecule has 0 fully saturated rings. The Morgan fingerprint density at radius 1 is 0.667 bits per heavy atom. The lowest BCUT2D eigenvalue weighted by atomic mass is 9.70. The zero-order valence-electron chi connectivity index (χ0n) is 11.8. The molecule has 2 rings (SSSR count). The van der Waals surface area contributed by atoms with E-state index >= 15 is 0 Å². The van der Waals surface area contributed by atoms with Gasteiger partial charge in [0.2, 0.25) is 0 Å². The molecule has 0 spiro atoms. The number of hydrogen-bond acceptors (Lipinski definition) is 6. The van der Waals surface area contributed by atoms with Crippen LogP contribution in [0.2, 0.25) is 0 Å². The van der Waals surface area contributed by atoms with Crippen LogP contribution >= 0.6 is 0 Å². The molecular formula is C12H14BF2N6. The van der Waals surface area contributed by atoms with Crippen molar-refractivity contribution in [3.05, 3.63) is 35.5 Å². The third-order valence-electron chi connectivity index (χ3n) is 2.69. The van der Waals surface area contributed by atoms with Crippen molar-refractivity contribution in [3.63, 3.8) is 0 Å². The van der Waals surface area contributed by atoms with Crippen LogP contribution in [0.5, 0.6) is 0 Å². The third-order valence-corrected chi connectivity index (χ3v) is 2.69. The topological polar surface area (TPSA) is 77.3 Å². The lowest BCUT2D eigenvalue weighted by Crippen LogP contribution is -2.13. The van der Waals surface area contributed by atoms with Crippen molar-refractivity contribution >= 4 is 7.28 Å². The van der Waals surface area contributed by atoms with Gasteiger partial charge in [-0.1, -0.05) is 13.8 Å². The standard InChI is InChI=1S/C12H14BF2N6/c1-3-7-16-9(20-11(14)18-7)5-13-6-10-17-8(4-2)19-12(15)21-10/h3-6H2,1-2H3. The molecule has 0 saturated heterocycles. The fourth-order valence-corrected chi connectivity index (χ4v) is 1.70. The summed E-state index contributed by atoms with van der Waals surface area (Å²) in [5.41, 5.74) is 0. The molecule has 0 saturated carbocycles. The Morgan fingerprint density at radius 2 is 1.05 bits per heavy atom. The van der Waals surface area contributed by atoms with E-state index in [-0.39, 0.29) is 0 Å². The van der Waals surface area contributed by atoms with Crippen molar-refractivity contribution in [1.82, 2.24) is 29.9 Å². The van der Waals surface area contributed by atoms with E-state index in [1.54, 1.807) is 7.28 Å². The second-order valence-electron chi connectivity index (χ2n) is 4.28. The first-order valence-corrected chi connectivity index (χ1v) is 6.71. The van der Waals surface area contributed by atoms with Gasteiger partial charge in [0.1, 0.15) is 30.6 Å². The van der Waals surface area contributed by atoms with Gasteiger partial charge in [-0.05, 0) is 12.6 Å². The van der Waals surface area contributed by atoms with Crippen LogP contribution in [0.4, 0.5) is 8.78 Å². The van der Waals surface area contributed by atoms with Gasteiger partial charge in [0, 0.05) is 12.8 Å². The quantitative estimate of drug-likeness (QED) is 0.735. The number of aryl methyl sites for hydroxylation is 2. The summed E-state index contributed by atoms with van der Waals surface area (Å²) >= 11 is 0. The normalized spacial score (nSPS) is 10.7. The summed E-state index contributed by atoms with van der Waals surface area (Å²) in [7, 11) is 1.77. The fourth-order valence-electron chi connectivity index (χ4n) is 1.70. The summed E-state index contributed by atoms with van der Waals surface area (Å²) in [6.07, 6.45) is 0.160. The highest BCUT2D eigenvalue weighted by atomic mass is 19.1. The van der Waals surface area contributed by atoms with Gasteiger partial charge in [-0.2, -0.15) is 28.7 Å². The van der Waals surface area contributed by atoms with Crippen LogP contribution in [0.1, 0.15) is 37.1 Å². The monoisotopic (exact) mass is 291 g/mol. The van der Waals surface area contributed by atoms with Crippen LogP contribution in [0, 0.1) is 12.2 Å². The summed E-state index contributed by atoms with van der Waals surface area (Å²) in [5, 5.41) is 0. The van der Waals surface area contributed by atoms with Crippen LogP contribution < -0.4 is 0 Å². The van der Waals surface area contributed by atoms with E-state index in [1.807, 2.05) is 13.8 Å². The molecule has 1 radical (unpaired) electrons. The second-order valence-corrected chi connectivity index (χ2v) is 4.28. The molecule has 6 nitrogen and oxygen atoms in total. The lowest BCUT2D eigenvalue weighted by molar-refractivity contribution is 0.516. The lowest BCUT2D eigenvalue weighted by Gasteiger charge is -2.02. The van der Waals surface area contributed by atoms with Crippen molar-refractivity contribution in [2.24, 2.45) is 0 Å². The first-order valence-electron chi connectivity index (χ1n) is 6.71. The molecule has 0 N–H and O–H groups in total. The highest BCUT2D eigenvalue weighted by molar-refractivity contribution is 6.34. The van der Waals surface area contributed by atoms with Crippen molar-refractivity contribution in [3.8, 4) is 0 Å². The van der Waals surface area contributed by atoms with Crippen molar-refractivity contribution in [1.29, 1.82) is 0 Å². The predicted octanol–water partition coefficient (Wildman–Crippen LogP) is 0.864. The smallest absolute Gasteiger partial charge is 0.219 e. The average molecular weight is 291 g/mol. The van der Waals surface area contributed by atoms with E-state index in [4.69, 9.17) is 0 Å². The van der Waals surface area contributed by atoms with Crippen LogP contribution in [-0.4, -0.2) is 37.2 Å². The van der Waals surface area contributed by atoms with E-state index in [9.17, 15) is 8.78 Å². The highest BCUT2D eigenvalue weighted by Crippen LogP contribution is 2.00. The Morgan fingerprint density at radius 3 is 1.43 bits per heavy atom. The Kier molecular flexibility index (Phi) is 5.18. The molecule has 2 aromatic rings. The van der Waals surface area contributed by atoms with Gasteiger partial charge >= 0.3 is 12.2 Å². The molecule has 109 valence electrons. The minimum Gasteiger partial charge on any atom is -0.219 e. The summed E-state index contributed by atoms with van der Waals surface area (Å²) < 4.78 is 26.3. The molecule has 0 unspecified atom stereocenters. The molecule has 21 heavy (non-hydrogen) atoms. The first-order chi connectivity index (χ1) is 10.1. The molecule has 0 atom stereocenters. The zero-order valence-corrected chi connectivity index (χ0v) is 11.8. The van der Waals surface area contributed by atoms with Gasteiger partial charge in [0.15, 0.2) is 0 Å². The van der Waals surface area contributed by atoms with Gasteiger partial charge in [-0.25, -0.2) is 9.97 Å². The van der Waals surface area contributed by atoms with Crippen LogP contribution in [0.3, 0.4) is 0 Å². The molecule has 9 heteroatoms. The molecule has 0 aromatic carbocycles. The Labute approximate surface area is 121 Å². The molecule has 0 amide bonds. The third kappa shape index (κ3) is 4.47.